The molecule has 0 spiro atoms. The zero-order chi connectivity index (χ0) is 16.4. The molecule has 2 atom stereocenters. The van der Waals surface area contributed by atoms with E-state index in [0.717, 1.165) is 12.8 Å². The van der Waals surface area contributed by atoms with Crippen molar-refractivity contribution in [2.75, 3.05) is 6.54 Å². The van der Waals surface area contributed by atoms with E-state index < -0.39 is 17.9 Å². The number of hydrogen-bond donors (Lipinski definition) is 3. The third kappa shape index (κ3) is 9.87. The average Bonchev–Trinajstić information content (AvgIpc) is 2.35. The van der Waals surface area contributed by atoms with Crippen LogP contribution in [0.3, 0.4) is 0 Å². The molecule has 0 rings (SSSR count). The van der Waals surface area contributed by atoms with Crippen LogP contribution in [0.25, 0.3) is 0 Å². The van der Waals surface area contributed by atoms with Gasteiger partial charge in [0.1, 0.15) is 6.04 Å². The van der Waals surface area contributed by atoms with Crippen molar-refractivity contribution in [3.8, 4) is 0 Å². The van der Waals surface area contributed by atoms with Crippen LogP contribution in [0.2, 0.25) is 0 Å². The number of carbonyl (C=O) groups excluding carboxylic acids is 2. The molecule has 0 aliphatic heterocycles. The number of nitrogens with one attached hydrogen (secondary N) is 2. The second kappa shape index (κ2) is 10.2. The van der Waals surface area contributed by atoms with E-state index in [4.69, 9.17) is 5.11 Å². The Labute approximate surface area is 126 Å². The van der Waals surface area contributed by atoms with E-state index >= 15 is 0 Å². The van der Waals surface area contributed by atoms with Gasteiger partial charge < -0.3 is 15.7 Å². The summed E-state index contributed by atoms with van der Waals surface area (Å²) < 4.78 is 0. The summed E-state index contributed by atoms with van der Waals surface area (Å²) in [6.45, 7) is 7.65. The van der Waals surface area contributed by atoms with E-state index in [-0.39, 0.29) is 24.3 Å². The van der Waals surface area contributed by atoms with Gasteiger partial charge in [-0.25, -0.2) is 4.79 Å². The first-order valence-corrected chi connectivity index (χ1v) is 7.55. The lowest BCUT2D eigenvalue weighted by Gasteiger charge is -2.17. The molecular formula is C15H28N2O4. The number of rotatable bonds is 10. The molecule has 0 radical (unpaired) electrons. The fraction of sp³-hybridized carbons (Fsp3) is 0.800. The molecule has 0 saturated carbocycles. The molecule has 3 N–H and O–H groups in total. The molecule has 6 nitrogen and oxygen atoms in total. The summed E-state index contributed by atoms with van der Waals surface area (Å²) in [5, 5.41) is 14.0. The molecule has 0 aliphatic carbocycles. The molecule has 6 heteroatoms. The zero-order valence-electron chi connectivity index (χ0n) is 13.4. The van der Waals surface area contributed by atoms with Gasteiger partial charge in [0.05, 0.1) is 6.54 Å². The number of amides is 2. The van der Waals surface area contributed by atoms with E-state index in [2.05, 4.69) is 17.6 Å². The minimum Gasteiger partial charge on any atom is -0.480 e. The lowest BCUT2D eigenvalue weighted by atomic mass is 10.0. The molecule has 0 fully saturated rings. The zero-order valence-corrected chi connectivity index (χ0v) is 13.4. The fourth-order valence-corrected chi connectivity index (χ4v) is 2.10. The Kier molecular flexibility index (Phi) is 9.41. The minimum atomic E-state index is -1.06. The summed E-state index contributed by atoms with van der Waals surface area (Å²) in [6, 6.07) is -0.909. The standard InChI is InChI=1S/C15H28N2O4/c1-5-6-11(4)8-13(18)16-9-14(19)17-12(15(20)21)7-10(2)3/h10-12H,5-9H2,1-4H3,(H,16,18)(H,17,19)(H,20,21)/t11?,12-/m0/s1. The van der Waals surface area contributed by atoms with Crippen LogP contribution in [0, 0.1) is 11.8 Å². The van der Waals surface area contributed by atoms with Crippen LogP contribution < -0.4 is 10.6 Å². The van der Waals surface area contributed by atoms with Gasteiger partial charge in [-0.15, -0.1) is 0 Å². The summed E-state index contributed by atoms with van der Waals surface area (Å²) >= 11 is 0. The molecule has 0 saturated heterocycles. The quantitative estimate of drug-likeness (QED) is 0.570. The van der Waals surface area contributed by atoms with Gasteiger partial charge in [0.25, 0.3) is 0 Å². The molecule has 1 unspecified atom stereocenters. The van der Waals surface area contributed by atoms with Gasteiger partial charge in [-0.3, -0.25) is 9.59 Å². The highest BCUT2D eigenvalue weighted by Crippen LogP contribution is 2.09. The van der Waals surface area contributed by atoms with E-state index in [9.17, 15) is 14.4 Å². The molecule has 0 aromatic rings. The Morgan fingerprint density at radius 3 is 2.19 bits per heavy atom. The van der Waals surface area contributed by atoms with Gasteiger partial charge in [0.2, 0.25) is 11.8 Å². The minimum absolute atomic E-state index is 0.163. The van der Waals surface area contributed by atoms with Crippen molar-refractivity contribution in [2.24, 2.45) is 11.8 Å². The predicted octanol–water partition coefficient (Wildman–Crippen LogP) is 1.54. The molecule has 0 aromatic heterocycles. The van der Waals surface area contributed by atoms with Gasteiger partial charge in [-0.1, -0.05) is 40.5 Å². The number of aliphatic carboxylic acids is 1. The predicted molar refractivity (Wildman–Crippen MR) is 80.7 cm³/mol. The Morgan fingerprint density at radius 1 is 1.10 bits per heavy atom. The maximum Gasteiger partial charge on any atom is 0.326 e. The summed E-state index contributed by atoms with van der Waals surface area (Å²) in [5.74, 6) is -1.26. The van der Waals surface area contributed by atoms with Gasteiger partial charge >= 0.3 is 5.97 Å². The van der Waals surface area contributed by atoms with Crippen molar-refractivity contribution < 1.29 is 19.5 Å². The number of hydrogen-bond acceptors (Lipinski definition) is 3. The smallest absolute Gasteiger partial charge is 0.326 e. The van der Waals surface area contributed by atoms with E-state index in [0.29, 0.717) is 12.8 Å². The summed E-state index contributed by atoms with van der Waals surface area (Å²) in [4.78, 5) is 34.3. The highest BCUT2D eigenvalue weighted by molar-refractivity contribution is 5.87. The Bertz CT molecular complexity index is 356. The van der Waals surface area contributed by atoms with Crippen molar-refractivity contribution in [2.45, 2.75) is 59.4 Å². The first kappa shape index (κ1) is 19.4. The van der Waals surface area contributed by atoms with Crippen LogP contribution in [0.1, 0.15) is 53.4 Å². The lowest BCUT2D eigenvalue weighted by Crippen LogP contribution is -2.46. The SMILES string of the molecule is CCCC(C)CC(=O)NCC(=O)N[C@@H](CC(C)C)C(=O)O. The molecule has 2 amide bonds. The van der Waals surface area contributed by atoms with Crippen LogP contribution in [0.15, 0.2) is 0 Å². The van der Waals surface area contributed by atoms with Gasteiger partial charge in [-0.2, -0.15) is 0 Å². The van der Waals surface area contributed by atoms with Crippen LogP contribution in [-0.2, 0) is 14.4 Å². The van der Waals surface area contributed by atoms with Crippen LogP contribution in [0.4, 0.5) is 0 Å². The van der Waals surface area contributed by atoms with Crippen molar-refractivity contribution in [1.82, 2.24) is 10.6 Å². The highest BCUT2D eigenvalue weighted by atomic mass is 16.4. The van der Waals surface area contributed by atoms with Crippen LogP contribution in [0.5, 0.6) is 0 Å². The summed E-state index contributed by atoms with van der Waals surface area (Å²) in [5.41, 5.74) is 0. The maximum absolute atomic E-state index is 11.7. The van der Waals surface area contributed by atoms with Crippen molar-refractivity contribution in [3.63, 3.8) is 0 Å². The van der Waals surface area contributed by atoms with E-state index in [1.807, 2.05) is 20.8 Å². The molecule has 0 aliphatic rings. The van der Waals surface area contributed by atoms with Crippen LogP contribution in [-0.4, -0.2) is 35.5 Å². The van der Waals surface area contributed by atoms with Crippen molar-refractivity contribution >= 4 is 17.8 Å². The summed E-state index contributed by atoms with van der Waals surface area (Å²) in [7, 11) is 0. The first-order chi connectivity index (χ1) is 9.76. The Hall–Kier alpha value is -1.59. The second-order valence-electron chi connectivity index (χ2n) is 5.96. The average molecular weight is 300 g/mol. The third-order valence-electron chi connectivity index (χ3n) is 3.10. The van der Waals surface area contributed by atoms with Crippen molar-refractivity contribution in [1.29, 1.82) is 0 Å². The topological polar surface area (TPSA) is 95.5 Å². The largest absolute Gasteiger partial charge is 0.480 e. The molecule has 0 heterocycles. The molecule has 122 valence electrons. The van der Waals surface area contributed by atoms with E-state index in [1.165, 1.54) is 0 Å². The maximum atomic E-state index is 11.7. The van der Waals surface area contributed by atoms with Gasteiger partial charge in [0, 0.05) is 6.42 Å². The van der Waals surface area contributed by atoms with Gasteiger partial charge in [-0.05, 0) is 18.3 Å². The summed E-state index contributed by atoms with van der Waals surface area (Å²) in [6.07, 6.45) is 2.73. The Morgan fingerprint density at radius 2 is 1.71 bits per heavy atom. The highest BCUT2D eigenvalue weighted by Gasteiger charge is 2.21. The van der Waals surface area contributed by atoms with Crippen LogP contribution >= 0.6 is 0 Å². The number of carboxylic acids is 1. The van der Waals surface area contributed by atoms with Gasteiger partial charge in [0.15, 0.2) is 0 Å². The van der Waals surface area contributed by atoms with E-state index in [1.54, 1.807) is 0 Å². The molecule has 21 heavy (non-hydrogen) atoms. The number of carboxylic acid groups (broad SMARTS) is 1. The molecule has 0 aromatic carbocycles. The number of carbonyl (C=O) groups is 3. The fourth-order valence-electron chi connectivity index (χ4n) is 2.10. The first-order valence-electron chi connectivity index (χ1n) is 7.55. The normalized spacial score (nSPS) is 13.6. The van der Waals surface area contributed by atoms with Crippen molar-refractivity contribution in [3.05, 3.63) is 0 Å². The third-order valence-corrected chi connectivity index (χ3v) is 3.10. The lowest BCUT2D eigenvalue weighted by molar-refractivity contribution is -0.142. The monoisotopic (exact) mass is 300 g/mol. The second-order valence-corrected chi connectivity index (χ2v) is 5.96. The molecular weight excluding hydrogens is 272 g/mol. The molecule has 0 bridgehead atoms. The Balaban J connectivity index is 4.12.